The standard InChI is InChI=1S/C17H33NO2/c1-2-12-20-16-8-7-11-18(13-16)14-17(15-19)9-5-3-4-6-10-17/h16,19H,2-15H2,1H3. The Bertz CT molecular complexity index is 262. The van der Waals surface area contributed by atoms with Crippen molar-refractivity contribution in [3.63, 3.8) is 0 Å². The molecule has 2 fully saturated rings. The number of hydrogen-bond acceptors (Lipinski definition) is 3. The van der Waals surface area contributed by atoms with Crippen LogP contribution in [0.1, 0.15) is 64.7 Å². The molecule has 1 unspecified atom stereocenters. The molecule has 2 rings (SSSR count). The number of rotatable bonds is 6. The highest BCUT2D eigenvalue weighted by atomic mass is 16.5. The van der Waals surface area contributed by atoms with Crippen LogP contribution in [-0.2, 0) is 4.74 Å². The minimum Gasteiger partial charge on any atom is -0.396 e. The van der Waals surface area contributed by atoms with Crippen LogP contribution in [0.25, 0.3) is 0 Å². The maximum Gasteiger partial charge on any atom is 0.0702 e. The van der Waals surface area contributed by atoms with Gasteiger partial charge in [-0.2, -0.15) is 0 Å². The van der Waals surface area contributed by atoms with Gasteiger partial charge in [-0.25, -0.2) is 0 Å². The number of nitrogens with zero attached hydrogens (tertiary/aromatic N) is 1. The Morgan fingerprint density at radius 2 is 1.90 bits per heavy atom. The molecule has 0 aromatic carbocycles. The summed E-state index contributed by atoms with van der Waals surface area (Å²) in [4.78, 5) is 2.56. The van der Waals surface area contributed by atoms with Crippen molar-refractivity contribution in [1.29, 1.82) is 0 Å². The fourth-order valence-electron chi connectivity index (χ4n) is 3.90. The Hall–Kier alpha value is -0.120. The lowest BCUT2D eigenvalue weighted by molar-refractivity contribution is -0.0223. The highest BCUT2D eigenvalue weighted by Crippen LogP contribution is 2.36. The van der Waals surface area contributed by atoms with Gasteiger partial charge in [0.1, 0.15) is 0 Å². The van der Waals surface area contributed by atoms with Crippen molar-refractivity contribution in [2.75, 3.05) is 32.8 Å². The minimum atomic E-state index is 0.170. The van der Waals surface area contributed by atoms with Gasteiger partial charge in [0, 0.05) is 31.7 Å². The number of piperidine rings is 1. The number of hydrogen-bond donors (Lipinski definition) is 1. The molecule has 1 aliphatic carbocycles. The normalized spacial score (nSPS) is 28.2. The summed E-state index contributed by atoms with van der Waals surface area (Å²) in [6, 6.07) is 0. The van der Waals surface area contributed by atoms with E-state index >= 15 is 0 Å². The van der Waals surface area contributed by atoms with Crippen molar-refractivity contribution in [3.8, 4) is 0 Å². The molecule has 0 aromatic rings. The van der Waals surface area contributed by atoms with Gasteiger partial charge < -0.3 is 14.7 Å². The molecule has 0 aromatic heterocycles. The largest absolute Gasteiger partial charge is 0.396 e. The van der Waals surface area contributed by atoms with E-state index in [4.69, 9.17) is 4.74 Å². The molecular formula is C17H33NO2. The minimum absolute atomic E-state index is 0.170. The van der Waals surface area contributed by atoms with Gasteiger partial charge in [0.25, 0.3) is 0 Å². The molecule has 3 nitrogen and oxygen atoms in total. The molecule has 2 aliphatic rings. The van der Waals surface area contributed by atoms with Crippen LogP contribution in [0.2, 0.25) is 0 Å². The molecule has 0 radical (unpaired) electrons. The molecule has 20 heavy (non-hydrogen) atoms. The van der Waals surface area contributed by atoms with E-state index < -0.39 is 0 Å². The van der Waals surface area contributed by atoms with Gasteiger partial charge in [-0.1, -0.05) is 32.6 Å². The predicted molar refractivity (Wildman–Crippen MR) is 82.9 cm³/mol. The average Bonchev–Trinajstić information content (AvgIpc) is 2.72. The first-order chi connectivity index (χ1) is 9.78. The summed E-state index contributed by atoms with van der Waals surface area (Å²) in [6.45, 7) is 6.77. The number of aliphatic hydroxyl groups is 1. The molecule has 1 saturated carbocycles. The average molecular weight is 283 g/mol. The van der Waals surface area contributed by atoms with Gasteiger partial charge >= 0.3 is 0 Å². The quantitative estimate of drug-likeness (QED) is 0.760. The summed E-state index contributed by atoms with van der Waals surface area (Å²) in [5.74, 6) is 0. The van der Waals surface area contributed by atoms with E-state index in [9.17, 15) is 5.11 Å². The molecule has 118 valence electrons. The van der Waals surface area contributed by atoms with E-state index in [2.05, 4.69) is 11.8 Å². The third-order valence-corrected chi connectivity index (χ3v) is 5.08. The molecule has 0 amide bonds. The second-order valence-electron chi connectivity index (χ2n) is 6.94. The molecule has 1 N–H and O–H groups in total. The highest BCUT2D eigenvalue weighted by Gasteiger charge is 2.34. The van der Waals surface area contributed by atoms with E-state index in [0.717, 1.165) is 26.1 Å². The van der Waals surface area contributed by atoms with Crippen molar-refractivity contribution in [2.24, 2.45) is 5.41 Å². The van der Waals surface area contributed by atoms with Crippen molar-refractivity contribution < 1.29 is 9.84 Å². The van der Waals surface area contributed by atoms with Crippen molar-refractivity contribution >= 4 is 0 Å². The third-order valence-electron chi connectivity index (χ3n) is 5.08. The second kappa shape index (κ2) is 8.35. The van der Waals surface area contributed by atoms with E-state index in [0.29, 0.717) is 12.7 Å². The lowest BCUT2D eigenvalue weighted by Crippen LogP contribution is -2.46. The van der Waals surface area contributed by atoms with E-state index in [-0.39, 0.29) is 5.41 Å². The number of likely N-dealkylation sites (tertiary alicyclic amines) is 1. The zero-order valence-corrected chi connectivity index (χ0v) is 13.3. The van der Waals surface area contributed by atoms with Crippen molar-refractivity contribution in [1.82, 2.24) is 4.90 Å². The monoisotopic (exact) mass is 283 g/mol. The molecule has 1 heterocycles. The summed E-state index contributed by atoms with van der Waals surface area (Å²) in [5, 5.41) is 9.95. The Morgan fingerprint density at radius 3 is 2.55 bits per heavy atom. The first kappa shape index (κ1) is 16.3. The topological polar surface area (TPSA) is 32.7 Å². The molecule has 0 bridgehead atoms. The first-order valence-electron chi connectivity index (χ1n) is 8.73. The van der Waals surface area contributed by atoms with Crippen molar-refractivity contribution in [3.05, 3.63) is 0 Å². The fraction of sp³-hybridized carbons (Fsp3) is 1.00. The summed E-state index contributed by atoms with van der Waals surface area (Å²) in [6.07, 6.45) is 11.7. The molecule has 1 atom stereocenters. The Labute approximate surface area is 124 Å². The van der Waals surface area contributed by atoms with Crippen LogP contribution in [0, 0.1) is 5.41 Å². The van der Waals surface area contributed by atoms with Gasteiger partial charge in [-0.15, -0.1) is 0 Å². The van der Waals surface area contributed by atoms with Crippen LogP contribution in [-0.4, -0.2) is 49.0 Å². The summed E-state index contributed by atoms with van der Waals surface area (Å²) in [5.41, 5.74) is 0.170. The predicted octanol–water partition coefficient (Wildman–Crippen LogP) is 3.21. The fourth-order valence-corrected chi connectivity index (χ4v) is 3.90. The second-order valence-corrected chi connectivity index (χ2v) is 6.94. The van der Waals surface area contributed by atoms with Gasteiger partial charge in [0.15, 0.2) is 0 Å². The van der Waals surface area contributed by atoms with Gasteiger partial charge in [0.05, 0.1) is 6.10 Å². The smallest absolute Gasteiger partial charge is 0.0702 e. The molecule has 0 spiro atoms. The Morgan fingerprint density at radius 1 is 1.15 bits per heavy atom. The third kappa shape index (κ3) is 4.71. The van der Waals surface area contributed by atoms with Crippen LogP contribution < -0.4 is 0 Å². The van der Waals surface area contributed by atoms with Gasteiger partial charge in [-0.05, 0) is 38.6 Å². The summed E-state index contributed by atoms with van der Waals surface area (Å²) >= 11 is 0. The number of aliphatic hydroxyl groups excluding tert-OH is 1. The van der Waals surface area contributed by atoms with Gasteiger partial charge in [-0.3, -0.25) is 0 Å². The Balaban J connectivity index is 1.86. The Kier molecular flexibility index (Phi) is 6.79. The highest BCUT2D eigenvalue weighted by molar-refractivity contribution is 4.86. The van der Waals surface area contributed by atoms with Crippen LogP contribution >= 0.6 is 0 Å². The zero-order chi connectivity index (χ0) is 14.3. The molecule has 1 saturated heterocycles. The first-order valence-corrected chi connectivity index (χ1v) is 8.73. The summed E-state index contributed by atoms with van der Waals surface area (Å²) in [7, 11) is 0. The SMILES string of the molecule is CCCOC1CCCN(CC2(CO)CCCCCC2)C1. The van der Waals surface area contributed by atoms with E-state index in [1.165, 1.54) is 57.9 Å². The maximum absolute atomic E-state index is 9.95. The molecule has 3 heteroatoms. The lowest BCUT2D eigenvalue weighted by atomic mass is 9.80. The van der Waals surface area contributed by atoms with Crippen molar-refractivity contribution in [2.45, 2.75) is 70.8 Å². The number of ether oxygens (including phenoxy) is 1. The zero-order valence-electron chi connectivity index (χ0n) is 13.3. The lowest BCUT2D eigenvalue weighted by Gasteiger charge is -2.40. The van der Waals surface area contributed by atoms with E-state index in [1.807, 2.05) is 0 Å². The molecule has 1 aliphatic heterocycles. The summed E-state index contributed by atoms with van der Waals surface area (Å²) < 4.78 is 5.94. The molecular weight excluding hydrogens is 250 g/mol. The maximum atomic E-state index is 9.95. The van der Waals surface area contributed by atoms with Crippen LogP contribution in [0.3, 0.4) is 0 Å². The van der Waals surface area contributed by atoms with Crippen LogP contribution in [0.4, 0.5) is 0 Å². The van der Waals surface area contributed by atoms with Crippen LogP contribution in [0.15, 0.2) is 0 Å². The van der Waals surface area contributed by atoms with Crippen LogP contribution in [0.5, 0.6) is 0 Å². The van der Waals surface area contributed by atoms with E-state index in [1.54, 1.807) is 0 Å². The van der Waals surface area contributed by atoms with Gasteiger partial charge in [0.2, 0.25) is 0 Å².